The van der Waals surface area contributed by atoms with Crippen molar-refractivity contribution < 1.29 is 17.9 Å². The SMILES string of the molecule is COc1ccc(NC(C)=O)cc1S(=O)(=O)N[C@H](C)c1ccccn1. The van der Waals surface area contributed by atoms with E-state index < -0.39 is 16.1 Å². The zero-order chi connectivity index (χ0) is 17.7. The lowest BCUT2D eigenvalue weighted by atomic mass is 10.2. The Labute approximate surface area is 141 Å². The third-order valence-corrected chi connectivity index (χ3v) is 4.80. The zero-order valence-corrected chi connectivity index (χ0v) is 14.4. The third-order valence-electron chi connectivity index (χ3n) is 3.24. The topological polar surface area (TPSA) is 97.4 Å². The Bertz CT molecular complexity index is 822. The van der Waals surface area contributed by atoms with E-state index in [9.17, 15) is 13.2 Å². The molecule has 0 aliphatic carbocycles. The van der Waals surface area contributed by atoms with Gasteiger partial charge in [-0.15, -0.1) is 0 Å². The van der Waals surface area contributed by atoms with Crippen LogP contribution in [0.4, 0.5) is 5.69 Å². The molecular formula is C16H19N3O4S. The van der Waals surface area contributed by atoms with Crippen LogP contribution in [0.1, 0.15) is 25.6 Å². The number of carbonyl (C=O) groups is 1. The summed E-state index contributed by atoms with van der Waals surface area (Å²) >= 11 is 0. The highest BCUT2D eigenvalue weighted by atomic mass is 32.2. The van der Waals surface area contributed by atoms with Crippen LogP contribution in [0.3, 0.4) is 0 Å². The van der Waals surface area contributed by atoms with Crippen molar-refractivity contribution in [2.45, 2.75) is 24.8 Å². The van der Waals surface area contributed by atoms with Gasteiger partial charge in [0.2, 0.25) is 15.9 Å². The van der Waals surface area contributed by atoms with Gasteiger partial charge in [-0.05, 0) is 37.3 Å². The second-order valence-electron chi connectivity index (χ2n) is 5.14. The van der Waals surface area contributed by atoms with Gasteiger partial charge in [-0.25, -0.2) is 13.1 Å². The smallest absolute Gasteiger partial charge is 0.244 e. The molecule has 7 nitrogen and oxygen atoms in total. The lowest BCUT2D eigenvalue weighted by Crippen LogP contribution is -2.28. The number of nitrogens with one attached hydrogen (secondary N) is 2. The predicted molar refractivity (Wildman–Crippen MR) is 90.3 cm³/mol. The molecule has 0 aliphatic heterocycles. The van der Waals surface area contributed by atoms with Crippen molar-refractivity contribution in [1.29, 1.82) is 0 Å². The van der Waals surface area contributed by atoms with Crippen LogP contribution in [0, 0.1) is 0 Å². The van der Waals surface area contributed by atoms with Crippen molar-refractivity contribution in [2.24, 2.45) is 0 Å². The second-order valence-corrected chi connectivity index (χ2v) is 6.83. The first-order valence-corrected chi connectivity index (χ1v) is 8.70. The molecule has 1 atom stereocenters. The highest BCUT2D eigenvalue weighted by Gasteiger charge is 2.23. The molecule has 8 heteroatoms. The number of benzene rings is 1. The molecule has 0 fully saturated rings. The van der Waals surface area contributed by atoms with Crippen molar-refractivity contribution >= 4 is 21.6 Å². The monoisotopic (exact) mass is 349 g/mol. The number of amides is 1. The van der Waals surface area contributed by atoms with Crippen molar-refractivity contribution in [2.75, 3.05) is 12.4 Å². The molecule has 1 aromatic carbocycles. The van der Waals surface area contributed by atoms with Gasteiger partial charge in [0.15, 0.2) is 0 Å². The molecule has 0 bridgehead atoms. The highest BCUT2D eigenvalue weighted by Crippen LogP contribution is 2.28. The first-order chi connectivity index (χ1) is 11.3. The summed E-state index contributed by atoms with van der Waals surface area (Å²) in [6, 6.07) is 9.17. The van der Waals surface area contributed by atoms with Gasteiger partial charge in [-0.2, -0.15) is 0 Å². The molecule has 0 radical (unpaired) electrons. The number of nitrogens with zero attached hydrogens (tertiary/aromatic N) is 1. The number of sulfonamides is 1. The summed E-state index contributed by atoms with van der Waals surface area (Å²) in [6.45, 7) is 3.05. The van der Waals surface area contributed by atoms with E-state index in [1.54, 1.807) is 37.4 Å². The number of pyridine rings is 1. The van der Waals surface area contributed by atoms with Crippen LogP contribution in [-0.4, -0.2) is 26.4 Å². The van der Waals surface area contributed by atoms with E-state index in [1.165, 1.54) is 26.2 Å². The van der Waals surface area contributed by atoms with Crippen molar-refractivity contribution in [3.05, 3.63) is 48.3 Å². The third kappa shape index (κ3) is 4.30. The van der Waals surface area contributed by atoms with Crippen molar-refractivity contribution in [3.8, 4) is 5.75 Å². The van der Waals surface area contributed by atoms with Gasteiger partial charge in [0.1, 0.15) is 10.6 Å². The Hall–Kier alpha value is -2.45. The molecule has 0 aliphatic rings. The van der Waals surface area contributed by atoms with Gasteiger partial charge in [0.25, 0.3) is 0 Å². The molecule has 128 valence electrons. The fraction of sp³-hybridized carbons (Fsp3) is 0.250. The average Bonchev–Trinajstić information content (AvgIpc) is 2.54. The van der Waals surface area contributed by atoms with E-state index in [2.05, 4.69) is 15.0 Å². The highest BCUT2D eigenvalue weighted by molar-refractivity contribution is 7.89. The summed E-state index contributed by atoms with van der Waals surface area (Å²) < 4.78 is 33.1. The number of methoxy groups -OCH3 is 1. The fourth-order valence-corrected chi connectivity index (χ4v) is 3.57. The van der Waals surface area contributed by atoms with E-state index in [0.717, 1.165) is 0 Å². The Balaban J connectivity index is 2.35. The maximum Gasteiger partial charge on any atom is 0.244 e. The molecule has 0 unspecified atom stereocenters. The number of hydrogen-bond acceptors (Lipinski definition) is 5. The van der Waals surface area contributed by atoms with Crippen LogP contribution in [0.2, 0.25) is 0 Å². The molecule has 0 spiro atoms. The Morgan fingerprint density at radius 1 is 1.25 bits per heavy atom. The number of anilines is 1. The quantitative estimate of drug-likeness (QED) is 0.832. The number of rotatable bonds is 6. The molecule has 2 aromatic rings. The number of aromatic nitrogens is 1. The maximum absolute atomic E-state index is 12.7. The molecule has 24 heavy (non-hydrogen) atoms. The molecule has 0 saturated heterocycles. The van der Waals surface area contributed by atoms with Crippen LogP contribution in [0.15, 0.2) is 47.5 Å². The molecule has 1 amide bonds. The molecule has 1 heterocycles. The van der Waals surface area contributed by atoms with Gasteiger partial charge in [-0.3, -0.25) is 9.78 Å². The first-order valence-electron chi connectivity index (χ1n) is 7.22. The number of carbonyl (C=O) groups excluding carboxylic acids is 1. The summed E-state index contributed by atoms with van der Waals surface area (Å²) in [6.07, 6.45) is 1.60. The Morgan fingerprint density at radius 2 is 2.00 bits per heavy atom. The first kappa shape index (κ1) is 17.9. The van der Waals surface area contributed by atoms with Crippen LogP contribution < -0.4 is 14.8 Å². The zero-order valence-electron chi connectivity index (χ0n) is 13.6. The second kappa shape index (κ2) is 7.41. The van der Waals surface area contributed by atoms with Gasteiger partial charge in [-0.1, -0.05) is 6.07 Å². The van der Waals surface area contributed by atoms with Gasteiger partial charge >= 0.3 is 0 Å². The number of hydrogen-bond donors (Lipinski definition) is 2. The predicted octanol–water partition coefficient (Wildman–Crippen LogP) is 2.09. The Kier molecular flexibility index (Phi) is 5.53. The fourth-order valence-electron chi connectivity index (χ4n) is 2.16. The van der Waals surface area contributed by atoms with E-state index in [-0.39, 0.29) is 16.6 Å². The molecule has 2 rings (SSSR count). The summed E-state index contributed by atoms with van der Waals surface area (Å²) in [5.74, 6) is -0.108. The summed E-state index contributed by atoms with van der Waals surface area (Å²) in [5.41, 5.74) is 0.965. The molecule has 1 aromatic heterocycles. The molecule has 0 saturated carbocycles. The minimum atomic E-state index is -3.88. The van der Waals surface area contributed by atoms with Gasteiger partial charge in [0, 0.05) is 18.8 Å². The minimum Gasteiger partial charge on any atom is -0.495 e. The Morgan fingerprint density at radius 3 is 2.58 bits per heavy atom. The standard InChI is InChI=1S/C16H19N3O4S/c1-11(14-6-4-5-9-17-14)19-24(21,22)16-10-13(18-12(2)20)7-8-15(16)23-3/h4-11,19H,1-3H3,(H,18,20)/t11-/m1/s1. The van der Waals surface area contributed by atoms with Crippen LogP contribution >= 0.6 is 0 Å². The summed E-state index contributed by atoms with van der Waals surface area (Å²) in [7, 11) is -2.49. The lowest BCUT2D eigenvalue weighted by Gasteiger charge is -2.16. The summed E-state index contributed by atoms with van der Waals surface area (Å²) in [4.78, 5) is 15.3. The number of ether oxygens (including phenoxy) is 1. The van der Waals surface area contributed by atoms with Crippen molar-refractivity contribution in [3.63, 3.8) is 0 Å². The summed E-state index contributed by atoms with van der Waals surface area (Å²) in [5, 5.41) is 2.55. The minimum absolute atomic E-state index is 0.0565. The normalized spacial score (nSPS) is 12.5. The van der Waals surface area contributed by atoms with Gasteiger partial charge in [0.05, 0.1) is 18.8 Å². The molecule has 2 N–H and O–H groups in total. The van der Waals surface area contributed by atoms with E-state index >= 15 is 0 Å². The van der Waals surface area contributed by atoms with Crippen molar-refractivity contribution in [1.82, 2.24) is 9.71 Å². The van der Waals surface area contributed by atoms with Crippen LogP contribution in [0.25, 0.3) is 0 Å². The lowest BCUT2D eigenvalue weighted by molar-refractivity contribution is -0.114. The van der Waals surface area contributed by atoms with E-state index in [1.807, 2.05) is 0 Å². The van der Waals surface area contributed by atoms with E-state index in [4.69, 9.17) is 4.74 Å². The van der Waals surface area contributed by atoms with Crippen LogP contribution in [0.5, 0.6) is 5.75 Å². The average molecular weight is 349 g/mol. The molecular weight excluding hydrogens is 330 g/mol. The van der Waals surface area contributed by atoms with E-state index in [0.29, 0.717) is 11.4 Å². The maximum atomic E-state index is 12.7. The van der Waals surface area contributed by atoms with Gasteiger partial charge < -0.3 is 10.1 Å². The van der Waals surface area contributed by atoms with Crippen LogP contribution in [-0.2, 0) is 14.8 Å². The largest absolute Gasteiger partial charge is 0.495 e.